The number of benzene rings is 2. The lowest BCUT2D eigenvalue weighted by atomic mass is 10.0. The van der Waals surface area contributed by atoms with Gasteiger partial charge in [-0.15, -0.1) is 0 Å². The Morgan fingerprint density at radius 1 is 1.17 bits per heavy atom. The number of carbonyl (C=O) groups excluding carboxylic acids is 1. The lowest BCUT2D eigenvalue weighted by Gasteiger charge is -2.10. The van der Waals surface area contributed by atoms with Crippen LogP contribution in [0.15, 0.2) is 66.1 Å². The highest BCUT2D eigenvalue weighted by atomic mass is 32.2. The van der Waals surface area contributed by atoms with Crippen molar-refractivity contribution in [1.82, 2.24) is 18.8 Å². The Balaban J connectivity index is 1.64. The second-order valence-electron chi connectivity index (χ2n) is 8.19. The molecule has 0 aliphatic heterocycles. The molecule has 2 heterocycles. The minimum atomic E-state index is -3.76. The van der Waals surface area contributed by atoms with Crippen LogP contribution >= 0.6 is 0 Å². The smallest absolute Gasteiger partial charge is 0.307 e. The summed E-state index contributed by atoms with van der Waals surface area (Å²) in [5, 5.41) is 1.03. The molecule has 0 fully saturated rings. The summed E-state index contributed by atoms with van der Waals surface area (Å²) < 4.78 is 49.9. The van der Waals surface area contributed by atoms with Crippen molar-refractivity contribution in [1.29, 1.82) is 0 Å². The Bertz CT molecular complexity index is 1430. The second kappa shape index (κ2) is 10.4. The van der Waals surface area contributed by atoms with Gasteiger partial charge < -0.3 is 13.9 Å². The number of hydrogen-bond donors (Lipinski definition) is 1. The van der Waals surface area contributed by atoms with Crippen LogP contribution in [-0.2, 0) is 39.1 Å². The summed E-state index contributed by atoms with van der Waals surface area (Å²) >= 11 is 0. The van der Waals surface area contributed by atoms with Gasteiger partial charge in [0.2, 0.25) is 10.0 Å². The van der Waals surface area contributed by atoms with E-state index in [0.717, 1.165) is 39.9 Å². The fourth-order valence-corrected chi connectivity index (χ4v) is 5.29. The maximum absolute atomic E-state index is 13.2. The normalized spacial score (nSPS) is 11.7. The standard InChI is InChI=1S/C25H27FN4O4S/c1-18-22(16-29-15-13-27-17-29)25-19(4-3-5-23(25)30(18)14-11-24(31)34-2)10-12-28-35(32,33)21-8-6-20(26)7-9-21/h3-9,13,15,17,28H,10-12,14,16H2,1-2H3. The fourth-order valence-electron chi connectivity index (χ4n) is 4.26. The highest BCUT2D eigenvalue weighted by Crippen LogP contribution is 2.30. The first kappa shape index (κ1) is 24.6. The lowest BCUT2D eigenvalue weighted by molar-refractivity contribution is -0.140. The number of methoxy groups -OCH3 is 1. The Morgan fingerprint density at radius 3 is 2.63 bits per heavy atom. The molecule has 0 spiro atoms. The summed E-state index contributed by atoms with van der Waals surface area (Å²) in [5.74, 6) is -0.776. The van der Waals surface area contributed by atoms with Gasteiger partial charge in [-0.2, -0.15) is 0 Å². The molecule has 184 valence electrons. The van der Waals surface area contributed by atoms with E-state index in [-0.39, 0.29) is 23.8 Å². The zero-order chi connectivity index (χ0) is 25.0. The summed E-state index contributed by atoms with van der Waals surface area (Å²) in [6.45, 7) is 3.26. The average molecular weight is 499 g/mol. The summed E-state index contributed by atoms with van der Waals surface area (Å²) in [5.41, 5.74) is 4.07. The zero-order valence-corrected chi connectivity index (χ0v) is 20.4. The third-order valence-corrected chi connectivity index (χ3v) is 7.52. The number of aromatic nitrogens is 3. The first-order valence-corrected chi connectivity index (χ1v) is 12.7. The van der Waals surface area contributed by atoms with Crippen LogP contribution < -0.4 is 4.72 Å². The Labute approximate surface area is 203 Å². The number of ether oxygens (including phenoxy) is 1. The van der Waals surface area contributed by atoms with Gasteiger partial charge in [0.05, 0.1) is 31.3 Å². The van der Waals surface area contributed by atoms with E-state index in [4.69, 9.17) is 4.74 Å². The van der Waals surface area contributed by atoms with E-state index in [9.17, 15) is 17.6 Å². The zero-order valence-electron chi connectivity index (χ0n) is 19.6. The predicted molar refractivity (Wildman–Crippen MR) is 130 cm³/mol. The number of esters is 1. The van der Waals surface area contributed by atoms with Crippen LogP contribution in [0.4, 0.5) is 4.39 Å². The van der Waals surface area contributed by atoms with Gasteiger partial charge in [-0.05, 0) is 49.2 Å². The van der Waals surface area contributed by atoms with E-state index in [0.29, 0.717) is 19.5 Å². The van der Waals surface area contributed by atoms with Gasteiger partial charge in [-0.3, -0.25) is 4.79 Å². The molecule has 0 saturated carbocycles. The number of nitrogens with one attached hydrogen (secondary N) is 1. The molecule has 0 atom stereocenters. The fraction of sp³-hybridized carbons (Fsp3) is 0.280. The van der Waals surface area contributed by atoms with Crippen molar-refractivity contribution in [3.05, 3.63) is 83.8 Å². The molecule has 10 heteroatoms. The number of hydrogen-bond acceptors (Lipinski definition) is 5. The van der Waals surface area contributed by atoms with Crippen molar-refractivity contribution in [2.75, 3.05) is 13.7 Å². The number of fused-ring (bicyclic) bond motifs is 1. The molecule has 8 nitrogen and oxygen atoms in total. The number of rotatable bonds is 10. The van der Waals surface area contributed by atoms with Gasteiger partial charge in [0.1, 0.15) is 5.82 Å². The summed E-state index contributed by atoms with van der Waals surface area (Å²) in [6, 6.07) is 10.6. The molecular formula is C25H27FN4O4S. The third kappa shape index (κ3) is 5.44. The molecule has 2 aromatic heterocycles. The van der Waals surface area contributed by atoms with Crippen LogP contribution in [-0.4, -0.2) is 42.2 Å². The number of halogens is 1. The molecule has 0 radical (unpaired) electrons. The van der Waals surface area contributed by atoms with E-state index >= 15 is 0 Å². The average Bonchev–Trinajstić information content (AvgIpc) is 3.45. The maximum atomic E-state index is 13.2. The SMILES string of the molecule is COC(=O)CCn1c(C)c(Cn2ccnc2)c2c(CCNS(=O)(=O)c3ccc(F)cc3)cccc21. The Morgan fingerprint density at radius 2 is 1.94 bits per heavy atom. The molecule has 0 amide bonds. The Hall–Kier alpha value is -3.50. The van der Waals surface area contributed by atoms with E-state index in [2.05, 4.69) is 14.3 Å². The number of aryl methyl sites for hydroxylation is 1. The first-order chi connectivity index (χ1) is 16.8. The van der Waals surface area contributed by atoms with Gasteiger partial charge in [0.25, 0.3) is 0 Å². The number of nitrogens with zero attached hydrogens (tertiary/aromatic N) is 3. The van der Waals surface area contributed by atoms with E-state index in [1.165, 1.54) is 19.2 Å². The van der Waals surface area contributed by atoms with Crippen molar-refractivity contribution >= 4 is 26.9 Å². The molecule has 0 unspecified atom stereocenters. The quantitative estimate of drug-likeness (QED) is 0.338. The summed E-state index contributed by atoms with van der Waals surface area (Å²) in [6.07, 6.45) is 6.05. The minimum absolute atomic E-state index is 0.0164. The number of imidazole rings is 1. The van der Waals surface area contributed by atoms with Crippen molar-refractivity contribution in [3.63, 3.8) is 0 Å². The van der Waals surface area contributed by atoms with E-state index < -0.39 is 15.8 Å². The Kier molecular flexibility index (Phi) is 7.32. The molecule has 0 aliphatic rings. The molecule has 0 bridgehead atoms. The monoisotopic (exact) mass is 498 g/mol. The summed E-state index contributed by atoms with van der Waals surface area (Å²) in [7, 11) is -2.39. The predicted octanol–water partition coefficient (Wildman–Crippen LogP) is 3.42. The van der Waals surface area contributed by atoms with Crippen molar-refractivity contribution in [2.24, 2.45) is 0 Å². The number of carbonyl (C=O) groups is 1. The highest BCUT2D eigenvalue weighted by Gasteiger charge is 2.19. The third-order valence-electron chi connectivity index (χ3n) is 6.04. The molecule has 4 aromatic rings. The van der Waals surface area contributed by atoms with Crippen LogP contribution in [0.1, 0.15) is 23.2 Å². The molecule has 2 aromatic carbocycles. The second-order valence-corrected chi connectivity index (χ2v) is 9.96. The van der Waals surface area contributed by atoms with Crippen molar-refractivity contribution < 1.29 is 22.3 Å². The van der Waals surface area contributed by atoms with Crippen LogP contribution in [0.2, 0.25) is 0 Å². The van der Waals surface area contributed by atoms with Gasteiger partial charge >= 0.3 is 5.97 Å². The minimum Gasteiger partial charge on any atom is -0.469 e. The lowest BCUT2D eigenvalue weighted by Crippen LogP contribution is -2.26. The highest BCUT2D eigenvalue weighted by molar-refractivity contribution is 7.89. The molecule has 0 saturated heterocycles. The largest absolute Gasteiger partial charge is 0.469 e. The first-order valence-electron chi connectivity index (χ1n) is 11.2. The molecule has 0 aliphatic carbocycles. The van der Waals surface area contributed by atoms with Crippen LogP contribution in [0.5, 0.6) is 0 Å². The van der Waals surface area contributed by atoms with Gasteiger partial charge in [-0.1, -0.05) is 12.1 Å². The van der Waals surface area contributed by atoms with Crippen molar-refractivity contribution in [2.45, 2.75) is 37.8 Å². The van der Waals surface area contributed by atoms with Crippen molar-refractivity contribution in [3.8, 4) is 0 Å². The topological polar surface area (TPSA) is 95.2 Å². The molecule has 4 rings (SSSR count). The summed E-state index contributed by atoms with van der Waals surface area (Å²) in [4.78, 5) is 15.9. The molecule has 1 N–H and O–H groups in total. The molecular weight excluding hydrogens is 471 g/mol. The van der Waals surface area contributed by atoms with Crippen LogP contribution in [0, 0.1) is 12.7 Å². The van der Waals surface area contributed by atoms with E-state index in [1.807, 2.05) is 35.9 Å². The molecule has 35 heavy (non-hydrogen) atoms. The van der Waals surface area contributed by atoms with Gasteiger partial charge in [-0.25, -0.2) is 22.5 Å². The maximum Gasteiger partial charge on any atom is 0.307 e. The van der Waals surface area contributed by atoms with Crippen LogP contribution in [0.25, 0.3) is 10.9 Å². The van der Waals surface area contributed by atoms with Crippen LogP contribution in [0.3, 0.4) is 0 Å². The van der Waals surface area contributed by atoms with Gasteiger partial charge in [0, 0.05) is 47.6 Å². The van der Waals surface area contributed by atoms with Gasteiger partial charge in [0.15, 0.2) is 0 Å². The number of sulfonamides is 1. The van der Waals surface area contributed by atoms with E-state index in [1.54, 1.807) is 12.5 Å².